The highest BCUT2D eigenvalue weighted by atomic mass is 28.3. The van der Waals surface area contributed by atoms with Crippen molar-refractivity contribution in [2.24, 2.45) is 5.73 Å². The Morgan fingerprint density at radius 3 is 2.12 bits per heavy atom. The van der Waals surface area contributed by atoms with Gasteiger partial charge in [-0.05, 0) is 20.8 Å². The van der Waals surface area contributed by atoms with Gasteiger partial charge in [-0.1, -0.05) is 25.6 Å². The van der Waals surface area contributed by atoms with Crippen molar-refractivity contribution in [3.8, 4) is 11.5 Å². The summed E-state index contributed by atoms with van der Waals surface area (Å²) in [5, 5.41) is 32.3. The van der Waals surface area contributed by atoms with E-state index in [1.54, 1.807) is 0 Å². The van der Waals surface area contributed by atoms with Crippen molar-refractivity contribution in [3.63, 3.8) is 0 Å². The maximum atomic E-state index is 12.6. The zero-order chi connectivity index (χ0) is 24.8. The zero-order valence-electron chi connectivity index (χ0n) is 18.7. The molecule has 0 radical (unpaired) electrons. The van der Waals surface area contributed by atoms with Crippen molar-refractivity contribution in [2.75, 3.05) is 0 Å². The molecule has 0 spiro atoms. The number of Topliss-reactive ketones (excluding diaryl/α,β-unsaturated/α-hetero) is 3. The molecule has 1 saturated heterocycles. The molecule has 12 heteroatoms. The summed E-state index contributed by atoms with van der Waals surface area (Å²) < 4.78 is 6.54. The zero-order valence-corrected chi connectivity index (χ0v) is 19.7. The van der Waals surface area contributed by atoms with Gasteiger partial charge in [0, 0.05) is 0 Å². The van der Waals surface area contributed by atoms with Crippen molar-refractivity contribution < 1.29 is 39.2 Å². The molecule has 1 amide bonds. The van der Waals surface area contributed by atoms with E-state index in [0.29, 0.717) is 0 Å². The number of aromatic nitrogens is 2. The van der Waals surface area contributed by atoms with Crippen molar-refractivity contribution in [1.29, 1.82) is 0 Å². The molecule has 2 rings (SSSR count). The molecule has 1 aromatic heterocycles. The van der Waals surface area contributed by atoms with E-state index in [2.05, 4.69) is 16.4 Å². The van der Waals surface area contributed by atoms with Crippen LogP contribution >= 0.6 is 0 Å². The van der Waals surface area contributed by atoms with E-state index < -0.39 is 61.0 Å². The molecule has 5 N–H and O–H groups in total. The van der Waals surface area contributed by atoms with Gasteiger partial charge < -0.3 is 25.8 Å². The lowest BCUT2D eigenvalue weighted by Crippen LogP contribution is -2.67. The maximum Gasteiger partial charge on any atom is 0.270 e. The van der Waals surface area contributed by atoms with Gasteiger partial charge in [-0.3, -0.25) is 23.7 Å². The topological polar surface area (TPSA) is 182 Å². The fourth-order valence-electron chi connectivity index (χ4n) is 3.46. The molecule has 11 nitrogen and oxygen atoms in total. The van der Waals surface area contributed by atoms with E-state index in [1.165, 1.54) is 0 Å². The molecule has 2 heterocycles. The number of hydrogen-bond acceptors (Lipinski definition) is 9. The predicted molar refractivity (Wildman–Crippen MR) is 113 cm³/mol. The summed E-state index contributed by atoms with van der Waals surface area (Å²) in [5.41, 5.74) is 1.96. The van der Waals surface area contributed by atoms with Crippen LogP contribution in [0.3, 0.4) is 0 Å². The Bertz CT molecular complexity index is 1050. The highest BCUT2D eigenvalue weighted by molar-refractivity contribution is 6.83. The molecule has 32 heavy (non-hydrogen) atoms. The second kappa shape index (κ2) is 8.34. The predicted octanol–water partition coefficient (Wildman–Crippen LogP) is -1.30. The molecular formula is C20H27N3O8Si. The molecule has 5 atom stereocenters. The van der Waals surface area contributed by atoms with Gasteiger partial charge in [0.1, 0.15) is 19.9 Å². The van der Waals surface area contributed by atoms with E-state index in [-0.39, 0.29) is 11.4 Å². The highest BCUT2D eigenvalue weighted by Crippen LogP contribution is 2.48. The maximum absolute atomic E-state index is 12.6. The van der Waals surface area contributed by atoms with Crippen LogP contribution in [0.15, 0.2) is 6.33 Å². The fraction of sp³-hybridized carbons (Fsp3) is 0.550. The lowest BCUT2D eigenvalue weighted by molar-refractivity contribution is -0.182. The Labute approximate surface area is 185 Å². The molecule has 174 valence electrons. The molecule has 0 aromatic carbocycles. The van der Waals surface area contributed by atoms with Crippen LogP contribution in [0.4, 0.5) is 0 Å². The second-order valence-corrected chi connectivity index (χ2v) is 13.6. The number of amides is 1. The minimum absolute atomic E-state index is 0.124. The SMILES string of the molecule is CC(=O)[C@@]1(O)[C@@H](C(=O)C(C)O)O[C@@H](n2cnc(C(N)=O)c2C#C[Si](C)(C)C)[C@@]1(O)C(C)=O. The number of ether oxygens (including phenoxy) is 1. The van der Waals surface area contributed by atoms with E-state index in [1.807, 2.05) is 19.6 Å². The number of hydrogen-bond donors (Lipinski definition) is 4. The van der Waals surface area contributed by atoms with Gasteiger partial charge in [0.25, 0.3) is 5.91 Å². The molecule has 1 aromatic rings. The van der Waals surface area contributed by atoms with E-state index in [0.717, 1.165) is 31.7 Å². The normalized spacial score (nSPS) is 28.5. The van der Waals surface area contributed by atoms with E-state index in [9.17, 15) is 34.5 Å². The van der Waals surface area contributed by atoms with Crippen LogP contribution < -0.4 is 5.73 Å². The Hall–Kier alpha value is -2.69. The third kappa shape index (κ3) is 3.93. The van der Waals surface area contributed by atoms with E-state index in [4.69, 9.17) is 10.5 Å². The van der Waals surface area contributed by atoms with Crippen LogP contribution in [0.5, 0.6) is 0 Å². The summed E-state index contributed by atoms with van der Waals surface area (Å²) in [6, 6.07) is 0. The van der Waals surface area contributed by atoms with Crippen LogP contribution in [-0.4, -0.2) is 79.6 Å². The number of carbonyl (C=O) groups excluding carboxylic acids is 4. The lowest BCUT2D eigenvalue weighted by atomic mass is 9.73. The fourth-order valence-corrected chi connectivity index (χ4v) is 3.95. The standard InChI is InChI=1S/C20H27N3O8Si/c1-10(24)15(27)16-19(29,11(2)25)20(30,12(3)26)18(31-16)23-9-22-14(17(21)28)13(23)7-8-32(4,5)6/h9-10,16,18,24,29-30H,1-6H3,(H2,21,28)/t10?,16-,18-,19-,20+/m1/s1. The van der Waals surface area contributed by atoms with Crippen molar-refractivity contribution in [3.05, 3.63) is 17.7 Å². The summed E-state index contributed by atoms with van der Waals surface area (Å²) in [6.07, 6.45) is -4.65. The average molecular weight is 466 g/mol. The Kier molecular flexibility index (Phi) is 6.66. The molecular weight excluding hydrogens is 438 g/mol. The summed E-state index contributed by atoms with van der Waals surface area (Å²) in [5.74, 6) is -1.55. The number of aliphatic hydroxyl groups excluding tert-OH is 1. The second-order valence-electron chi connectivity index (χ2n) is 8.81. The number of nitrogens with two attached hydrogens (primary N) is 1. The first-order chi connectivity index (χ1) is 14.5. The summed E-state index contributed by atoms with van der Waals surface area (Å²) in [4.78, 5) is 53.4. The third-order valence-electron chi connectivity index (χ3n) is 5.16. The molecule has 1 unspecified atom stereocenters. The van der Waals surface area contributed by atoms with Gasteiger partial charge in [-0.25, -0.2) is 4.98 Å². The summed E-state index contributed by atoms with van der Waals surface area (Å²) >= 11 is 0. The molecule has 0 bridgehead atoms. The number of carbonyl (C=O) groups is 4. The third-order valence-corrected chi connectivity index (χ3v) is 6.04. The highest BCUT2D eigenvalue weighted by Gasteiger charge is 2.73. The average Bonchev–Trinajstić information content (AvgIpc) is 3.17. The molecule has 1 aliphatic heterocycles. The number of nitrogens with zero attached hydrogens (tertiary/aromatic N) is 2. The minimum atomic E-state index is -3.03. The van der Waals surface area contributed by atoms with Crippen LogP contribution in [0.2, 0.25) is 19.6 Å². The first kappa shape index (κ1) is 25.6. The minimum Gasteiger partial charge on any atom is -0.386 e. The van der Waals surface area contributed by atoms with Gasteiger partial charge in [-0.2, -0.15) is 0 Å². The van der Waals surface area contributed by atoms with Crippen molar-refractivity contribution in [1.82, 2.24) is 9.55 Å². The lowest BCUT2D eigenvalue weighted by Gasteiger charge is -2.37. The molecule has 1 fully saturated rings. The van der Waals surface area contributed by atoms with Crippen LogP contribution in [0, 0.1) is 11.5 Å². The van der Waals surface area contributed by atoms with Gasteiger partial charge in [0.2, 0.25) is 5.60 Å². The number of primary amides is 1. The number of aliphatic hydroxyl groups is 3. The Morgan fingerprint density at radius 1 is 1.19 bits per heavy atom. The molecule has 1 aliphatic rings. The van der Waals surface area contributed by atoms with Crippen molar-refractivity contribution in [2.45, 2.75) is 70.1 Å². The number of imidazole rings is 1. The smallest absolute Gasteiger partial charge is 0.270 e. The summed E-state index contributed by atoms with van der Waals surface area (Å²) in [6.45, 7) is 8.63. The quantitative estimate of drug-likeness (QED) is 0.293. The first-order valence-corrected chi connectivity index (χ1v) is 13.2. The van der Waals surface area contributed by atoms with Crippen LogP contribution in [0.1, 0.15) is 43.2 Å². The van der Waals surface area contributed by atoms with Crippen LogP contribution in [-0.2, 0) is 19.1 Å². The van der Waals surface area contributed by atoms with Gasteiger partial charge >= 0.3 is 0 Å². The van der Waals surface area contributed by atoms with Crippen LogP contribution in [0.25, 0.3) is 0 Å². The van der Waals surface area contributed by atoms with E-state index >= 15 is 0 Å². The van der Waals surface area contributed by atoms with Gasteiger partial charge in [0.05, 0.1) is 6.33 Å². The largest absolute Gasteiger partial charge is 0.386 e. The Balaban J connectivity index is 2.86. The monoisotopic (exact) mass is 465 g/mol. The molecule has 0 aliphatic carbocycles. The molecule has 0 saturated carbocycles. The van der Waals surface area contributed by atoms with Gasteiger partial charge in [0.15, 0.2) is 41.0 Å². The number of ketones is 3. The summed E-state index contributed by atoms with van der Waals surface area (Å²) in [7, 11) is -2.00. The van der Waals surface area contributed by atoms with Crippen molar-refractivity contribution >= 4 is 31.3 Å². The Morgan fingerprint density at radius 2 is 1.72 bits per heavy atom. The first-order valence-electron chi connectivity index (χ1n) is 9.74. The number of rotatable bonds is 6. The van der Waals surface area contributed by atoms with Gasteiger partial charge in [-0.15, -0.1) is 5.54 Å².